The van der Waals surface area contributed by atoms with E-state index in [9.17, 15) is 0 Å². The summed E-state index contributed by atoms with van der Waals surface area (Å²) in [4.78, 5) is 0. The maximum atomic E-state index is 6.39. The average molecular weight is 416 g/mol. The van der Waals surface area contributed by atoms with E-state index in [1.807, 2.05) is 30.3 Å². The fraction of sp³-hybridized carbons (Fsp3) is 0.421. The lowest BCUT2D eigenvalue weighted by atomic mass is 9.91. The summed E-state index contributed by atoms with van der Waals surface area (Å²) in [6, 6.07) is 9.77. The van der Waals surface area contributed by atoms with Crippen LogP contribution in [0.15, 0.2) is 44.9 Å². The molecule has 0 saturated carbocycles. The molecule has 2 aromatic heterocycles. The van der Waals surface area contributed by atoms with Crippen LogP contribution in [0.2, 0.25) is 0 Å². The zero-order chi connectivity index (χ0) is 20.3. The minimum Gasteiger partial charge on any atom is -0.382 e. The van der Waals surface area contributed by atoms with E-state index in [1.165, 1.54) is 11.3 Å². The van der Waals surface area contributed by atoms with Crippen LogP contribution in [0.3, 0.4) is 0 Å². The molecule has 3 rings (SSSR count). The largest absolute Gasteiger partial charge is 0.382 e. The molecule has 1 aromatic carbocycles. The molecule has 28 heavy (non-hydrogen) atoms. The van der Waals surface area contributed by atoms with Gasteiger partial charge >= 0.3 is 0 Å². The number of hydrogen-bond donors (Lipinski definition) is 1. The SMILES string of the molecule is CC(C)CSc1nnc(/N=N\c2c(C(C)(C)C)nn(-c3ccccc3)c2N)s1. The monoisotopic (exact) mass is 415 g/mol. The number of para-hydroxylation sites is 1. The third-order valence-corrected chi connectivity index (χ3v) is 6.15. The van der Waals surface area contributed by atoms with Gasteiger partial charge in [0.15, 0.2) is 15.8 Å². The van der Waals surface area contributed by atoms with Gasteiger partial charge in [-0.1, -0.05) is 75.9 Å². The first-order valence-corrected chi connectivity index (χ1v) is 10.9. The number of azo groups is 1. The summed E-state index contributed by atoms with van der Waals surface area (Å²) in [5.41, 5.74) is 8.40. The van der Waals surface area contributed by atoms with Gasteiger partial charge in [-0.05, 0) is 18.1 Å². The van der Waals surface area contributed by atoms with E-state index in [1.54, 1.807) is 16.4 Å². The second-order valence-electron chi connectivity index (χ2n) is 7.84. The first kappa shape index (κ1) is 20.5. The summed E-state index contributed by atoms with van der Waals surface area (Å²) in [5.74, 6) is 2.05. The fourth-order valence-corrected chi connectivity index (χ4v) is 4.06. The molecule has 0 aliphatic carbocycles. The van der Waals surface area contributed by atoms with Gasteiger partial charge in [-0.2, -0.15) is 5.10 Å². The van der Waals surface area contributed by atoms with Crippen LogP contribution in [0, 0.1) is 5.92 Å². The summed E-state index contributed by atoms with van der Waals surface area (Å²) >= 11 is 3.11. The molecule has 0 unspecified atom stereocenters. The molecule has 0 atom stereocenters. The lowest BCUT2D eigenvalue weighted by Gasteiger charge is -2.15. The highest BCUT2D eigenvalue weighted by molar-refractivity contribution is 8.01. The highest BCUT2D eigenvalue weighted by atomic mass is 32.2. The Bertz CT molecular complexity index is 953. The number of hydrogen-bond acceptors (Lipinski definition) is 8. The Hall–Kier alpha value is -2.26. The Kier molecular flexibility index (Phi) is 6.14. The Labute approximate surface area is 173 Å². The van der Waals surface area contributed by atoms with Crippen molar-refractivity contribution in [2.75, 3.05) is 11.5 Å². The van der Waals surface area contributed by atoms with Crippen LogP contribution in [0.5, 0.6) is 0 Å². The van der Waals surface area contributed by atoms with Crippen molar-refractivity contribution in [3.8, 4) is 5.69 Å². The first-order valence-electron chi connectivity index (χ1n) is 9.08. The molecule has 0 saturated heterocycles. The smallest absolute Gasteiger partial charge is 0.252 e. The van der Waals surface area contributed by atoms with Crippen LogP contribution in [0.25, 0.3) is 5.69 Å². The van der Waals surface area contributed by atoms with Gasteiger partial charge in [-0.15, -0.1) is 20.4 Å². The maximum Gasteiger partial charge on any atom is 0.252 e. The first-order chi connectivity index (χ1) is 13.3. The molecule has 2 N–H and O–H groups in total. The van der Waals surface area contributed by atoms with Gasteiger partial charge in [0, 0.05) is 11.2 Å². The lowest BCUT2D eigenvalue weighted by Crippen LogP contribution is -2.13. The second-order valence-corrected chi connectivity index (χ2v) is 10.1. The van der Waals surface area contributed by atoms with Gasteiger partial charge in [-0.25, -0.2) is 4.68 Å². The summed E-state index contributed by atoms with van der Waals surface area (Å²) in [7, 11) is 0. The lowest BCUT2D eigenvalue weighted by molar-refractivity contribution is 0.561. The Morgan fingerprint density at radius 1 is 1.14 bits per heavy atom. The van der Waals surface area contributed by atoms with E-state index in [0.717, 1.165) is 21.5 Å². The predicted molar refractivity (Wildman–Crippen MR) is 116 cm³/mol. The van der Waals surface area contributed by atoms with Gasteiger partial charge in [0.2, 0.25) is 0 Å². The van der Waals surface area contributed by atoms with Crippen molar-refractivity contribution in [3.63, 3.8) is 0 Å². The molecule has 0 aliphatic heterocycles. The number of nitrogens with two attached hydrogens (primary N) is 1. The van der Waals surface area contributed by atoms with Crippen molar-refractivity contribution in [1.82, 2.24) is 20.0 Å². The van der Waals surface area contributed by atoms with E-state index < -0.39 is 0 Å². The predicted octanol–water partition coefficient (Wildman–Crippen LogP) is 5.77. The van der Waals surface area contributed by atoms with Gasteiger partial charge < -0.3 is 5.73 Å². The van der Waals surface area contributed by atoms with E-state index >= 15 is 0 Å². The quantitative estimate of drug-likeness (QED) is 0.407. The average Bonchev–Trinajstić information content (AvgIpc) is 3.23. The number of thioether (sulfide) groups is 1. The van der Waals surface area contributed by atoms with Crippen LogP contribution in [0.4, 0.5) is 16.6 Å². The molecule has 7 nitrogen and oxygen atoms in total. The van der Waals surface area contributed by atoms with Crippen molar-refractivity contribution in [2.24, 2.45) is 16.1 Å². The third kappa shape index (κ3) is 4.77. The minimum absolute atomic E-state index is 0.234. The Balaban J connectivity index is 1.93. The van der Waals surface area contributed by atoms with E-state index in [2.05, 4.69) is 55.0 Å². The van der Waals surface area contributed by atoms with Crippen LogP contribution in [0.1, 0.15) is 40.3 Å². The molecule has 0 fully saturated rings. The zero-order valence-electron chi connectivity index (χ0n) is 16.7. The van der Waals surface area contributed by atoms with E-state index in [-0.39, 0.29) is 5.41 Å². The molecule has 0 bridgehead atoms. The molecule has 0 radical (unpaired) electrons. The third-order valence-electron chi connectivity index (χ3n) is 3.78. The van der Waals surface area contributed by atoms with Crippen molar-refractivity contribution in [2.45, 2.75) is 44.4 Å². The van der Waals surface area contributed by atoms with Crippen LogP contribution < -0.4 is 5.73 Å². The van der Waals surface area contributed by atoms with Crippen LogP contribution in [-0.2, 0) is 5.41 Å². The van der Waals surface area contributed by atoms with Gasteiger partial charge in [0.1, 0.15) is 0 Å². The number of nitrogens with zero attached hydrogens (tertiary/aromatic N) is 6. The Morgan fingerprint density at radius 2 is 1.86 bits per heavy atom. The fourth-order valence-electron chi connectivity index (χ4n) is 2.42. The molecule has 148 valence electrons. The number of benzene rings is 1. The molecule has 0 aliphatic rings. The van der Waals surface area contributed by atoms with Gasteiger partial charge in [0.05, 0.1) is 11.4 Å². The number of aromatic nitrogens is 4. The van der Waals surface area contributed by atoms with E-state index in [4.69, 9.17) is 10.8 Å². The summed E-state index contributed by atoms with van der Waals surface area (Å²) < 4.78 is 2.60. The van der Waals surface area contributed by atoms with Crippen LogP contribution in [-0.4, -0.2) is 25.7 Å². The van der Waals surface area contributed by atoms with Crippen molar-refractivity contribution >= 4 is 39.7 Å². The van der Waals surface area contributed by atoms with Crippen LogP contribution >= 0.6 is 23.1 Å². The number of nitrogen functional groups attached to an aromatic ring is 1. The highest BCUT2D eigenvalue weighted by Crippen LogP contribution is 2.38. The summed E-state index contributed by atoms with van der Waals surface area (Å²) in [5, 5.41) is 22.2. The zero-order valence-corrected chi connectivity index (χ0v) is 18.4. The minimum atomic E-state index is -0.234. The van der Waals surface area contributed by atoms with Crippen molar-refractivity contribution in [3.05, 3.63) is 36.0 Å². The molecule has 2 heterocycles. The number of anilines is 1. The Morgan fingerprint density at radius 3 is 2.50 bits per heavy atom. The molecule has 0 amide bonds. The maximum absolute atomic E-state index is 6.39. The molecular weight excluding hydrogens is 390 g/mol. The highest BCUT2D eigenvalue weighted by Gasteiger charge is 2.26. The second kappa shape index (κ2) is 8.40. The molecule has 0 spiro atoms. The normalized spacial score (nSPS) is 12.4. The van der Waals surface area contributed by atoms with E-state index in [0.29, 0.717) is 22.6 Å². The molecule has 9 heteroatoms. The molecule has 3 aromatic rings. The van der Waals surface area contributed by atoms with Gasteiger partial charge in [-0.3, -0.25) is 0 Å². The molecular formula is C19H25N7S2. The number of rotatable bonds is 6. The summed E-state index contributed by atoms with van der Waals surface area (Å²) in [6.45, 7) is 10.6. The van der Waals surface area contributed by atoms with Crippen molar-refractivity contribution in [1.29, 1.82) is 0 Å². The van der Waals surface area contributed by atoms with Gasteiger partial charge in [0.25, 0.3) is 5.13 Å². The van der Waals surface area contributed by atoms with Crippen molar-refractivity contribution < 1.29 is 0 Å². The topological polar surface area (TPSA) is 94.3 Å². The summed E-state index contributed by atoms with van der Waals surface area (Å²) in [6.07, 6.45) is 0. The standard InChI is InChI=1S/C19H25N7S2/c1-12(2)11-27-18-24-23-17(28-18)22-21-14-15(19(3,4)5)25-26(16(14)20)13-9-7-6-8-10-13/h6-10,12H,11,20H2,1-5H3/b22-21-.